The van der Waals surface area contributed by atoms with Crippen LogP contribution < -0.4 is 43.5 Å². The Balaban J connectivity index is 0.00000380. The number of aliphatic hydroxyl groups excluding tert-OH is 1. The Morgan fingerprint density at radius 3 is 2.22 bits per heavy atom. The molecule has 8 nitrogen and oxygen atoms in total. The van der Waals surface area contributed by atoms with Gasteiger partial charge >= 0.3 is 0 Å². The molecule has 0 saturated carbocycles. The number of nitrogens with one attached hydrogen (secondary N) is 1. The molecule has 0 amide bonds. The fraction of sp³-hybridized carbons (Fsp3) is 0.286. The van der Waals surface area contributed by atoms with Crippen molar-refractivity contribution in [1.82, 2.24) is 4.98 Å². The molecule has 0 atom stereocenters. The Morgan fingerprint density at radius 2 is 1.59 bits per heavy atom. The number of hydrogen-bond donors (Lipinski definition) is 2. The molecule has 9 heteroatoms. The van der Waals surface area contributed by atoms with Crippen LogP contribution in [0.2, 0.25) is 0 Å². The number of fused-ring (bicyclic) bond motifs is 2. The fourth-order valence-electron chi connectivity index (χ4n) is 4.21. The second-order valence-electron chi connectivity index (χ2n) is 8.33. The van der Waals surface area contributed by atoms with Crippen LogP contribution in [0, 0.1) is 22.7 Å². The van der Waals surface area contributed by atoms with Crippen molar-refractivity contribution < 1.29 is 38.4 Å². The number of hydrogen-bond acceptors (Lipinski definition) is 7. The average molecular weight is 608 g/mol. The lowest BCUT2D eigenvalue weighted by Crippen LogP contribution is -3.00. The van der Waals surface area contributed by atoms with Crippen molar-refractivity contribution in [3.8, 4) is 23.6 Å². The SMILES string of the molecule is COc1ccc(-[n+]2c3cc(NCCCO)ccc3nc3ccc(N(CCC#N)CCC#N)cc32)cc1.[I-]. The molecular formula is C28H29IN6O2. The van der Waals surface area contributed by atoms with Gasteiger partial charge in [0.25, 0.3) is 0 Å². The van der Waals surface area contributed by atoms with Crippen LogP contribution in [-0.4, -0.2) is 43.4 Å². The summed E-state index contributed by atoms with van der Waals surface area (Å²) in [6.07, 6.45) is 1.42. The van der Waals surface area contributed by atoms with Crippen molar-refractivity contribution in [2.45, 2.75) is 19.3 Å². The number of benzene rings is 3. The highest BCUT2D eigenvalue weighted by Crippen LogP contribution is 2.25. The van der Waals surface area contributed by atoms with Gasteiger partial charge in [-0.05, 0) is 42.8 Å². The van der Waals surface area contributed by atoms with Crippen molar-refractivity contribution in [1.29, 1.82) is 10.5 Å². The first-order chi connectivity index (χ1) is 17.7. The molecule has 0 aliphatic heterocycles. The molecule has 0 spiro atoms. The fourth-order valence-corrected chi connectivity index (χ4v) is 4.21. The van der Waals surface area contributed by atoms with Crippen molar-refractivity contribution in [2.24, 2.45) is 0 Å². The van der Waals surface area contributed by atoms with E-state index < -0.39 is 0 Å². The summed E-state index contributed by atoms with van der Waals surface area (Å²) in [5.74, 6) is 0.772. The summed E-state index contributed by atoms with van der Waals surface area (Å²) in [6, 6.07) is 24.4. The first kappa shape index (κ1) is 27.9. The second-order valence-corrected chi connectivity index (χ2v) is 8.33. The Labute approximate surface area is 233 Å². The number of nitriles is 2. The summed E-state index contributed by atoms with van der Waals surface area (Å²) in [5, 5.41) is 30.8. The largest absolute Gasteiger partial charge is 1.00 e. The summed E-state index contributed by atoms with van der Waals surface area (Å²) in [6.45, 7) is 1.90. The van der Waals surface area contributed by atoms with E-state index in [1.807, 2.05) is 48.5 Å². The van der Waals surface area contributed by atoms with E-state index in [0.717, 1.165) is 44.9 Å². The quantitative estimate of drug-likeness (QED) is 0.114. The number of methoxy groups -OCH3 is 1. The van der Waals surface area contributed by atoms with E-state index in [2.05, 4.69) is 39.1 Å². The highest BCUT2D eigenvalue weighted by molar-refractivity contribution is 5.86. The van der Waals surface area contributed by atoms with Crippen LogP contribution in [0.5, 0.6) is 5.75 Å². The predicted molar refractivity (Wildman–Crippen MR) is 140 cm³/mol. The molecule has 0 fully saturated rings. The van der Waals surface area contributed by atoms with Gasteiger partial charge in [0.05, 0.1) is 32.1 Å². The van der Waals surface area contributed by atoms with E-state index in [1.54, 1.807) is 7.11 Å². The standard InChI is InChI=1S/C28H28N6O2.HI/c1-36-24-9-6-22(7-10-24)34-27-19-21(31-15-4-18-35)5-11-25(27)32-26-12-8-23(20-28(26)34)33(16-2-13-29)17-3-14-30;/h5-12,19-20,35H,2-4,15-18H2,1H3;1H. The van der Waals surface area contributed by atoms with Crippen LogP contribution in [0.3, 0.4) is 0 Å². The Kier molecular flexibility index (Phi) is 10.2. The normalized spacial score (nSPS) is 10.4. The van der Waals surface area contributed by atoms with Crippen molar-refractivity contribution >= 4 is 33.4 Å². The number of nitrogens with zero attached hydrogens (tertiary/aromatic N) is 5. The van der Waals surface area contributed by atoms with E-state index in [1.165, 1.54) is 0 Å². The lowest BCUT2D eigenvalue weighted by Gasteiger charge is -2.22. The molecule has 4 rings (SSSR count). The molecule has 0 aliphatic carbocycles. The summed E-state index contributed by atoms with van der Waals surface area (Å²) < 4.78 is 7.54. The summed E-state index contributed by atoms with van der Waals surface area (Å²) in [7, 11) is 1.65. The minimum absolute atomic E-state index is 0. The van der Waals surface area contributed by atoms with Crippen molar-refractivity contribution in [3.63, 3.8) is 0 Å². The van der Waals surface area contributed by atoms with Crippen molar-refractivity contribution in [2.75, 3.05) is 43.6 Å². The molecule has 190 valence electrons. The molecule has 0 unspecified atom stereocenters. The number of rotatable bonds is 11. The van der Waals surface area contributed by atoms with E-state index in [0.29, 0.717) is 38.9 Å². The number of halogens is 1. The predicted octanol–water partition coefficient (Wildman–Crippen LogP) is 1.11. The Bertz CT molecular complexity index is 1410. The lowest BCUT2D eigenvalue weighted by atomic mass is 10.1. The third-order valence-corrected chi connectivity index (χ3v) is 6.00. The molecular weight excluding hydrogens is 579 g/mol. The van der Waals surface area contributed by atoms with Gasteiger partial charge in [-0.3, -0.25) is 0 Å². The van der Waals surface area contributed by atoms with Gasteiger partial charge < -0.3 is 44.0 Å². The molecule has 1 heterocycles. The van der Waals surface area contributed by atoms with Crippen LogP contribution >= 0.6 is 0 Å². The van der Waals surface area contributed by atoms with Crippen LogP contribution in [-0.2, 0) is 0 Å². The van der Waals surface area contributed by atoms with Crippen LogP contribution in [0.4, 0.5) is 11.4 Å². The first-order valence-electron chi connectivity index (χ1n) is 12.0. The zero-order valence-corrected chi connectivity index (χ0v) is 22.9. The molecule has 3 aromatic carbocycles. The van der Waals surface area contributed by atoms with Gasteiger partial charge in [0.2, 0.25) is 16.7 Å². The minimum atomic E-state index is 0. The lowest BCUT2D eigenvalue weighted by molar-refractivity contribution is -0.538. The van der Waals surface area contributed by atoms with Gasteiger partial charge in [-0.1, -0.05) is 0 Å². The third-order valence-electron chi connectivity index (χ3n) is 6.00. The highest BCUT2D eigenvalue weighted by atomic mass is 127. The summed E-state index contributed by atoms with van der Waals surface area (Å²) >= 11 is 0. The Morgan fingerprint density at radius 1 is 0.946 bits per heavy atom. The van der Waals surface area contributed by atoms with E-state index >= 15 is 0 Å². The maximum absolute atomic E-state index is 9.14. The molecule has 0 radical (unpaired) electrons. The third kappa shape index (κ3) is 6.56. The van der Waals surface area contributed by atoms with Crippen LogP contribution in [0.1, 0.15) is 19.3 Å². The monoisotopic (exact) mass is 608 g/mol. The zero-order chi connectivity index (χ0) is 25.3. The number of aliphatic hydroxyl groups is 1. The molecule has 0 bridgehead atoms. The van der Waals surface area contributed by atoms with Crippen LogP contribution in [0.15, 0.2) is 60.7 Å². The number of aromatic nitrogens is 2. The molecule has 4 aromatic rings. The topological polar surface area (TPSA) is 109 Å². The first-order valence-corrected chi connectivity index (χ1v) is 12.0. The molecule has 0 aliphatic rings. The molecule has 2 N–H and O–H groups in total. The summed E-state index contributed by atoms with van der Waals surface area (Å²) in [5.41, 5.74) is 6.37. The van der Waals surface area contributed by atoms with Gasteiger partial charge in [0.15, 0.2) is 0 Å². The van der Waals surface area contributed by atoms with Crippen molar-refractivity contribution in [3.05, 3.63) is 60.7 Å². The molecule has 1 aromatic heterocycles. The van der Waals surface area contributed by atoms with Gasteiger partial charge in [0, 0.05) is 61.9 Å². The highest BCUT2D eigenvalue weighted by Gasteiger charge is 2.22. The van der Waals surface area contributed by atoms with Crippen LogP contribution in [0.25, 0.3) is 27.8 Å². The smallest absolute Gasteiger partial charge is 0.239 e. The van der Waals surface area contributed by atoms with E-state index in [-0.39, 0.29) is 30.6 Å². The zero-order valence-electron chi connectivity index (χ0n) is 20.7. The van der Waals surface area contributed by atoms with Gasteiger partial charge in [-0.2, -0.15) is 10.5 Å². The second kappa shape index (κ2) is 13.6. The molecule has 37 heavy (non-hydrogen) atoms. The van der Waals surface area contributed by atoms with Gasteiger partial charge in [-0.15, -0.1) is 4.57 Å². The minimum Gasteiger partial charge on any atom is -1.00 e. The number of anilines is 2. The average Bonchev–Trinajstić information content (AvgIpc) is 2.92. The van der Waals surface area contributed by atoms with Gasteiger partial charge in [-0.25, -0.2) is 4.98 Å². The van der Waals surface area contributed by atoms with E-state index in [4.69, 9.17) is 25.4 Å². The Hall–Kier alpha value is -3.67. The summed E-state index contributed by atoms with van der Waals surface area (Å²) in [4.78, 5) is 6.99. The number of ether oxygens (including phenoxy) is 1. The molecule has 0 saturated heterocycles. The van der Waals surface area contributed by atoms with Gasteiger partial charge in [0.1, 0.15) is 16.8 Å². The maximum Gasteiger partial charge on any atom is 0.239 e. The van der Waals surface area contributed by atoms with E-state index in [9.17, 15) is 0 Å². The maximum atomic E-state index is 9.14.